The van der Waals surface area contributed by atoms with Crippen molar-refractivity contribution in [2.24, 2.45) is 0 Å². The number of carbonyl (C=O) groups is 1. The molecule has 0 aliphatic carbocycles. The predicted octanol–water partition coefficient (Wildman–Crippen LogP) is 4.60. The van der Waals surface area contributed by atoms with Crippen LogP contribution in [0.25, 0.3) is 11.0 Å². The molecular formula is C21H26N4O2. The first-order valence-electron chi connectivity index (χ1n) is 9.11. The van der Waals surface area contributed by atoms with E-state index in [-0.39, 0.29) is 0 Å². The highest BCUT2D eigenvalue weighted by Crippen LogP contribution is 2.23. The molecule has 142 valence electrons. The number of fused-ring (bicyclic) bond motifs is 1. The lowest BCUT2D eigenvalue weighted by Gasteiger charge is -2.19. The lowest BCUT2D eigenvalue weighted by atomic mass is 10.1. The minimum Gasteiger partial charge on any atom is -0.444 e. The average Bonchev–Trinajstić information content (AvgIpc) is 2.89. The van der Waals surface area contributed by atoms with Crippen molar-refractivity contribution in [1.82, 2.24) is 9.55 Å². The Morgan fingerprint density at radius 3 is 2.63 bits per heavy atom. The second-order valence-corrected chi connectivity index (χ2v) is 7.54. The summed E-state index contributed by atoms with van der Waals surface area (Å²) in [4.78, 5) is 16.4. The largest absolute Gasteiger partial charge is 0.444 e. The molecule has 2 aromatic carbocycles. The van der Waals surface area contributed by atoms with Crippen molar-refractivity contribution in [3.05, 3.63) is 54.1 Å². The third kappa shape index (κ3) is 5.00. The molecule has 6 nitrogen and oxygen atoms in total. The summed E-state index contributed by atoms with van der Waals surface area (Å²) in [5.41, 5.74) is 9.21. The van der Waals surface area contributed by atoms with E-state index in [4.69, 9.17) is 10.5 Å². The van der Waals surface area contributed by atoms with Gasteiger partial charge in [0.1, 0.15) is 5.60 Å². The number of nitrogens with two attached hydrogens (primary N) is 1. The molecule has 0 saturated carbocycles. The smallest absolute Gasteiger partial charge is 0.412 e. The zero-order valence-corrected chi connectivity index (χ0v) is 16.0. The molecule has 27 heavy (non-hydrogen) atoms. The van der Waals surface area contributed by atoms with E-state index < -0.39 is 11.7 Å². The minimum absolute atomic E-state index is 0.479. The Labute approximate surface area is 159 Å². The number of ether oxygens (including phenoxy) is 1. The number of hydrogen-bond donors (Lipinski definition) is 2. The maximum absolute atomic E-state index is 11.9. The lowest BCUT2D eigenvalue weighted by Crippen LogP contribution is -2.27. The SMILES string of the molecule is CC(C)(C)OC(=O)Nc1ccc2c(c1)nc(N)n2CCCc1ccccc1. The molecular weight excluding hydrogens is 340 g/mol. The van der Waals surface area contributed by atoms with Gasteiger partial charge < -0.3 is 15.0 Å². The first-order chi connectivity index (χ1) is 12.8. The zero-order chi connectivity index (χ0) is 19.4. The molecule has 0 aliphatic heterocycles. The van der Waals surface area contributed by atoms with Crippen LogP contribution in [0.15, 0.2) is 48.5 Å². The number of imidazole rings is 1. The van der Waals surface area contributed by atoms with E-state index in [1.807, 2.05) is 49.6 Å². The average molecular weight is 366 g/mol. The van der Waals surface area contributed by atoms with Crippen LogP contribution < -0.4 is 11.1 Å². The minimum atomic E-state index is -0.543. The second-order valence-electron chi connectivity index (χ2n) is 7.54. The fourth-order valence-corrected chi connectivity index (χ4v) is 2.97. The van der Waals surface area contributed by atoms with Gasteiger partial charge in [0.2, 0.25) is 5.95 Å². The molecule has 3 rings (SSSR count). The number of carbonyl (C=O) groups excluding carboxylic acids is 1. The van der Waals surface area contributed by atoms with Crippen LogP contribution in [0.2, 0.25) is 0 Å². The van der Waals surface area contributed by atoms with Crippen molar-refractivity contribution in [2.45, 2.75) is 45.8 Å². The van der Waals surface area contributed by atoms with Crippen LogP contribution in [0, 0.1) is 0 Å². The molecule has 0 radical (unpaired) electrons. The summed E-state index contributed by atoms with van der Waals surface area (Å²) in [6.45, 7) is 6.27. The standard InChI is InChI=1S/C21H26N4O2/c1-21(2,3)27-20(26)23-16-11-12-18-17(14-16)24-19(22)25(18)13-7-10-15-8-5-4-6-9-15/h4-6,8-9,11-12,14H,7,10,13H2,1-3H3,(H2,22,24)(H,23,26). The molecule has 1 amide bonds. The Balaban J connectivity index is 1.69. The van der Waals surface area contributed by atoms with E-state index in [0.717, 1.165) is 30.4 Å². The highest BCUT2D eigenvalue weighted by molar-refractivity contribution is 5.89. The van der Waals surface area contributed by atoms with Gasteiger partial charge in [0.05, 0.1) is 11.0 Å². The highest BCUT2D eigenvalue weighted by atomic mass is 16.6. The molecule has 0 spiro atoms. The molecule has 1 aromatic heterocycles. The van der Waals surface area contributed by atoms with Crippen LogP contribution in [0.3, 0.4) is 0 Å². The van der Waals surface area contributed by atoms with Gasteiger partial charge in [-0.2, -0.15) is 0 Å². The number of nitrogens with one attached hydrogen (secondary N) is 1. The van der Waals surface area contributed by atoms with Crippen molar-refractivity contribution in [1.29, 1.82) is 0 Å². The quantitative estimate of drug-likeness (QED) is 0.691. The number of hydrogen-bond acceptors (Lipinski definition) is 4. The summed E-state index contributed by atoms with van der Waals surface area (Å²) in [7, 11) is 0. The summed E-state index contributed by atoms with van der Waals surface area (Å²) < 4.78 is 7.29. The summed E-state index contributed by atoms with van der Waals surface area (Å²) in [5.74, 6) is 0.479. The van der Waals surface area contributed by atoms with Gasteiger partial charge in [-0.25, -0.2) is 9.78 Å². The summed E-state index contributed by atoms with van der Waals surface area (Å²) in [6, 6.07) is 15.9. The van der Waals surface area contributed by atoms with Crippen LogP contribution in [0.5, 0.6) is 0 Å². The van der Waals surface area contributed by atoms with Gasteiger partial charge in [0, 0.05) is 12.2 Å². The van der Waals surface area contributed by atoms with E-state index in [2.05, 4.69) is 34.6 Å². The number of anilines is 2. The molecule has 0 unspecified atom stereocenters. The summed E-state index contributed by atoms with van der Waals surface area (Å²) >= 11 is 0. The van der Waals surface area contributed by atoms with E-state index in [9.17, 15) is 4.79 Å². The maximum Gasteiger partial charge on any atom is 0.412 e. The second kappa shape index (κ2) is 7.70. The number of nitrogen functional groups attached to an aromatic ring is 1. The molecule has 0 bridgehead atoms. The van der Waals surface area contributed by atoms with Crippen LogP contribution in [-0.2, 0) is 17.7 Å². The van der Waals surface area contributed by atoms with Gasteiger partial charge >= 0.3 is 6.09 Å². The van der Waals surface area contributed by atoms with Gasteiger partial charge in [-0.05, 0) is 57.4 Å². The topological polar surface area (TPSA) is 82.2 Å². The molecule has 0 atom stereocenters. The van der Waals surface area contributed by atoms with E-state index in [0.29, 0.717) is 11.6 Å². The van der Waals surface area contributed by atoms with Crippen molar-refractivity contribution < 1.29 is 9.53 Å². The maximum atomic E-state index is 11.9. The molecule has 0 aliphatic rings. The number of aromatic nitrogens is 2. The fraction of sp³-hybridized carbons (Fsp3) is 0.333. The number of benzene rings is 2. The first-order valence-corrected chi connectivity index (χ1v) is 9.11. The Bertz CT molecular complexity index is 926. The van der Waals surface area contributed by atoms with Crippen molar-refractivity contribution in [3.63, 3.8) is 0 Å². The molecule has 1 heterocycles. The van der Waals surface area contributed by atoms with Gasteiger partial charge in [0.25, 0.3) is 0 Å². The first kappa shape index (κ1) is 18.8. The van der Waals surface area contributed by atoms with Crippen molar-refractivity contribution in [2.75, 3.05) is 11.1 Å². The number of amides is 1. The zero-order valence-electron chi connectivity index (χ0n) is 16.0. The molecule has 0 saturated heterocycles. The number of nitrogens with zero attached hydrogens (tertiary/aromatic N) is 2. The molecule has 3 N–H and O–H groups in total. The Hall–Kier alpha value is -3.02. The van der Waals surface area contributed by atoms with E-state index >= 15 is 0 Å². The van der Waals surface area contributed by atoms with Gasteiger partial charge in [-0.3, -0.25) is 5.32 Å². The molecule has 0 fully saturated rings. The van der Waals surface area contributed by atoms with Gasteiger partial charge in [0.15, 0.2) is 0 Å². The fourth-order valence-electron chi connectivity index (χ4n) is 2.97. The van der Waals surface area contributed by atoms with Crippen molar-refractivity contribution >= 4 is 28.8 Å². The number of aryl methyl sites for hydroxylation is 2. The highest BCUT2D eigenvalue weighted by Gasteiger charge is 2.17. The van der Waals surface area contributed by atoms with Crippen LogP contribution in [0.1, 0.15) is 32.8 Å². The number of rotatable bonds is 5. The third-order valence-electron chi connectivity index (χ3n) is 4.11. The molecule has 3 aromatic rings. The van der Waals surface area contributed by atoms with Crippen molar-refractivity contribution in [3.8, 4) is 0 Å². The Kier molecular flexibility index (Phi) is 5.35. The normalized spacial score (nSPS) is 11.5. The van der Waals surface area contributed by atoms with Crippen LogP contribution >= 0.6 is 0 Å². The summed E-state index contributed by atoms with van der Waals surface area (Å²) in [5, 5.41) is 2.73. The van der Waals surface area contributed by atoms with E-state index in [1.165, 1.54) is 5.56 Å². The predicted molar refractivity (Wildman–Crippen MR) is 109 cm³/mol. The summed E-state index contributed by atoms with van der Waals surface area (Å²) in [6.07, 6.45) is 1.47. The monoisotopic (exact) mass is 366 g/mol. The van der Waals surface area contributed by atoms with Crippen LogP contribution in [-0.4, -0.2) is 21.2 Å². The molecule has 6 heteroatoms. The van der Waals surface area contributed by atoms with Gasteiger partial charge in [-0.15, -0.1) is 0 Å². The third-order valence-corrected chi connectivity index (χ3v) is 4.11. The van der Waals surface area contributed by atoms with Crippen LogP contribution in [0.4, 0.5) is 16.4 Å². The Morgan fingerprint density at radius 1 is 1.19 bits per heavy atom. The van der Waals surface area contributed by atoms with E-state index in [1.54, 1.807) is 0 Å². The Morgan fingerprint density at radius 2 is 1.93 bits per heavy atom. The van der Waals surface area contributed by atoms with Gasteiger partial charge in [-0.1, -0.05) is 30.3 Å². The lowest BCUT2D eigenvalue weighted by molar-refractivity contribution is 0.0636.